The van der Waals surface area contributed by atoms with Crippen LogP contribution in [0.1, 0.15) is 11.1 Å². The first-order valence-electron chi connectivity index (χ1n) is 4.99. The molecule has 2 atom stereocenters. The summed E-state index contributed by atoms with van der Waals surface area (Å²) in [6, 6.07) is 5.98. The van der Waals surface area contributed by atoms with Gasteiger partial charge in [0.25, 0.3) is 0 Å². The third-order valence-electron chi connectivity index (χ3n) is 3.36. The molecule has 4 N–H and O–H groups in total. The van der Waals surface area contributed by atoms with Crippen LogP contribution in [0.4, 0.5) is 5.69 Å². The van der Waals surface area contributed by atoms with Crippen molar-refractivity contribution >= 4 is 16.8 Å². The van der Waals surface area contributed by atoms with Gasteiger partial charge in [0.05, 0.1) is 0 Å². The third-order valence-corrected chi connectivity index (χ3v) is 3.36. The molecule has 15 heavy (non-hydrogen) atoms. The van der Waals surface area contributed by atoms with Crippen molar-refractivity contribution in [1.29, 1.82) is 0 Å². The molecule has 0 spiro atoms. The van der Waals surface area contributed by atoms with Gasteiger partial charge in [0.2, 0.25) is 0 Å². The highest BCUT2D eigenvalue weighted by Gasteiger charge is 2.58. The predicted octanol–water partition coefficient (Wildman–Crippen LogP) is 1.12. The normalized spacial score (nSPS) is 34.1. The number of hydrogen-bond donors (Lipinski definition) is 2. The van der Waals surface area contributed by atoms with Gasteiger partial charge in [0.1, 0.15) is 6.10 Å². The third kappa shape index (κ3) is 0.749. The highest BCUT2D eigenvalue weighted by Crippen LogP contribution is 2.56. The minimum atomic E-state index is -0.541. The van der Waals surface area contributed by atoms with Crippen LogP contribution >= 0.6 is 0 Å². The van der Waals surface area contributed by atoms with Gasteiger partial charge in [0, 0.05) is 11.3 Å². The number of hydrogen-bond acceptors (Lipinski definition) is 3. The van der Waals surface area contributed by atoms with Crippen LogP contribution in [0.5, 0.6) is 0 Å². The standard InChI is InChI=1S/C12H10N2O/c13-6-1-2-7-8-3-4-12(14)11(15-12)10(8)9(7)5-6/h1-5,11H,13-14H2. The molecule has 1 saturated heterocycles. The summed E-state index contributed by atoms with van der Waals surface area (Å²) in [6.07, 6.45) is 4.04. The molecule has 4 rings (SSSR count). The highest BCUT2D eigenvalue weighted by atomic mass is 16.6. The van der Waals surface area contributed by atoms with E-state index in [4.69, 9.17) is 16.2 Å². The molecule has 1 aromatic rings. The van der Waals surface area contributed by atoms with Crippen LogP contribution in [-0.4, -0.2) is 11.8 Å². The van der Waals surface area contributed by atoms with E-state index in [-0.39, 0.29) is 6.10 Å². The van der Waals surface area contributed by atoms with Crippen molar-refractivity contribution in [2.75, 3.05) is 5.73 Å². The van der Waals surface area contributed by atoms with Gasteiger partial charge in [-0.1, -0.05) is 12.1 Å². The topological polar surface area (TPSA) is 64.6 Å². The van der Waals surface area contributed by atoms with Crippen molar-refractivity contribution in [1.82, 2.24) is 0 Å². The van der Waals surface area contributed by atoms with Crippen molar-refractivity contribution in [3.8, 4) is 0 Å². The van der Waals surface area contributed by atoms with Gasteiger partial charge in [0.15, 0.2) is 5.72 Å². The molecule has 2 unspecified atom stereocenters. The molecule has 3 heteroatoms. The molecule has 3 nitrogen and oxygen atoms in total. The van der Waals surface area contributed by atoms with E-state index in [1.54, 1.807) is 0 Å². The second kappa shape index (κ2) is 2.01. The van der Waals surface area contributed by atoms with Crippen LogP contribution < -0.4 is 11.5 Å². The molecule has 0 amide bonds. The van der Waals surface area contributed by atoms with Gasteiger partial charge in [-0.2, -0.15) is 0 Å². The Kier molecular flexibility index (Phi) is 1.03. The zero-order chi connectivity index (χ0) is 10.2. The molecule has 0 bridgehead atoms. The molecule has 1 aliphatic heterocycles. The lowest BCUT2D eigenvalue weighted by Crippen LogP contribution is -2.29. The quantitative estimate of drug-likeness (QED) is 0.485. The van der Waals surface area contributed by atoms with Crippen LogP contribution in [-0.2, 0) is 4.74 Å². The molecule has 2 aliphatic carbocycles. The van der Waals surface area contributed by atoms with Crippen molar-refractivity contribution in [2.45, 2.75) is 11.8 Å². The molecule has 0 radical (unpaired) electrons. The van der Waals surface area contributed by atoms with Crippen molar-refractivity contribution in [2.24, 2.45) is 5.73 Å². The number of benzene rings is 1. The zero-order valence-corrected chi connectivity index (χ0v) is 8.03. The van der Waals surface area contributed by atoms with Crippen LogP contribution in [0.25, 0.3) is 11.1 Å². The number of epoxide rings is 1. The number of anilines is 1. The molecule has 0 saturated carbocycles. The van der Waals surface area contributed by atoms with E-state index in [2.05, 4.69) is 12.1 Å². The van der Waals surface area contributed by atoms with Crippen LogP contribution in [0.3, 0.4) is 0 Å². The Balaban J connectivity index is 1.91. The molecule has 0 aromatic heterocycles. The van der Waals surface area contributed by atoms with E-state index in [1.807, 2.05) is 18.2 Å². The maximum Gasteiger partial charge on any atom is 0.168 e. The Morgan fingerprint density at radius 2 is 2.13 bits per heavy atom. The van der Waals surface area contributed by atoms with E-state index >= 15 is 0 Å². The minimum Gasteiger partial charge on any atom is -0.399 e. The Morgan fingerprint density at radius 3 is 3.00 bits per heavy atom. The van der Waals surface area contributed by atoms with Crippen LogP contribution in [0, 0.1) is 0 Å². The lowest BCUT2D eigenvalue weighted by Gasteiger charge is -2.28. The van der Waals surface area contributed by atoms with Crippen molar-refractivity contribution in [3.05, 3.63) is 41.5 Å². The number of rotatable bonds is 0. The molecular weight excluding hydrogens is 188 g/mol. The monoisotopic (exact) mass is 198 g/mol. The van der Waals surface area contributed by atoms with Crippen molar-refractivity contribution < 1.29 is 4.74 Å². The number of ether oxygens (including phenoxy) is 1. The summed E-state index contributed by atoms with van der Waals surface area (Å²) in [4.78, 5) is 0. The fraction of sp³-hybridized carbons (Fsp3) is 0.167. The lowest BCUT2D eigenvalue weighted by atomic mass is 9.75. The summed E-state index contributed by atoms with van der Waals surface area (Å²) < 4.78 is 5.49. The number of nitrogen functional groups attached to an aromatic ring is 1. The second-order valence-corrected chi connectivity index (χ2v) is 4.32. The molecule has 74 valence electrons. The predicted molar refractivity (Wildman–Crippen MR) is 58.6 cm³/mol. The summed E-state index contributed by atoms with van der Waals surface area (Å²) in [7, 11) is 0. The molecule has 1 fully saturated rings. The van der Waals surface area contributed by atoms with Gasteiger partial charge >= 0.3 is 0 Å². The average molecular weight is 198 g/mol. The smallest absolute Gasteiger partial charge is 0.168 e. The van der Waals surface area contributed by atoms with Gasteiger partial charge < -0.3 is 10.5 Å². The van der Waals surface area contributed by atoms with Gasteiger partial charge in [-0.15, -0.1) is 0 Å². The van der Waals surface area contributed by atoms with E-state index in [0.717, 1.165) is 5.69 Å². The SMILES string of the molecule is Nc1ccc2c(c1)C1=C2C=CC2(N)OC12. The first-order valence-corrected chi connectivity index (χ1v) is 4.99. The first-order chi connectivity index (χ1) is 7.19. The zero-order valence-electron chi connectivity index (χ0n) is 8.03. The lowest BCUT2D eigenvalue weighted by molar-refractivity contribution is 0.349. The molecular formula is C12H10N2O. The summed E-state index contributed by atoms with van der Waals surface area (Å²) in [6.45, 7) is 0. The van der Waals surface area contributed by atoms with Crippen LogP contribution in [0.2, 0.25) is 0 Å². The fourth-order valence-corrected chi connectivity index (χ4v) is 2.50. The summed E-state index contributed by atoms with van der Waals surface area (Å²) in [5, 5.41) is 0. The number of fused-ring (bicyclic) bond motifs is 5. The maximum absolute atomic E-state index is 5.96. The summed E-state index contributed by atoms with van der Waals surface area (Å²) >= 11 is 0. The Morgan fingerprint density at radius 1 is 1.27 bits per heavy atom. The summed E-state index contributed by atoms with van der Waals surface area (Å²) in [5.41, 5.74) is 16.9. The number of nitrogens with two attached hydrogens (primary N) is 2. The Hall–Kier alpha value is -1.58. The van der Waals surface area contributed by atoms with E-state index in [9.17, 15) is 0 Å². The molecule has 1 aromatic carbocycles. The van der Waals surface area contributed by atoms with Crippen LogP contribution in [0.15, 0.2) is 30.4 Å². The van der Waals surface area contributed by atoms with Gasteiger partial charge in [-0.3, -0.25) is 5.73 Å². The highest BCUT2D eigenvalue weighted by molar-refractivity contribution is 6.11. The Labute approximate surface area is 87.0 Å². The number of allylic oxidation sites excluding steroid dienone is 2. The van der Waals surface area contributed by atoms with E-state index in [0.29, 0.717) is 0 Å². The van der Waals surface area contributed by atoms with Gasteiger partial charge in [-0.25, -0.2) is 0 Å². The summed E-state index contributed by atoms with van der Waals surface area (Å²) in [5.74, 6) is 0. The second-order valence-electron chi connectivity index (χ2n) is 4.32. The fourth-order valence-electron chi connectivity index (χ4n) is 2.50. The molecule has 1 heterocycles. The molecule has 3 aliphatic rings. The van der Waals surface area contributed by atoms with E-state index in [1.165, 1.54) is 22.3 Å². The largest absolute Gasteiger partial charge is 0.399 e. The average Bonchev–Trinajstić information content (AvgIpc) is 2.84. The first kappa shape index (κ1) is 7.68. The Bertz CT molecular complexity index is 559. The van der Waals surface area contributed by atoms with Crippen molar-refractivity contribution in [3.63, 3.8) is 0 Å². The van der Waals surface area contributed by atoms with E-state index < -0.39 is 5.72 Å². The minimum absolute atomic E-state index is 0.0480. The maximum atomic E-state index is 5.96. The van der Waals surface area contributed by atoms with Gasteiger partial charge in [-0.05, 0) is 34.9 Å².